The van der Waals surface area contributed by atoms with E-state index in [0.717, 1.165) is 30.4 Å². The van der Waals surface area contributed by atoms with Crippen LogP contribution < -0.4 is 0 Å². The summed E-state index contributed by atoms with van der Waals surface area (Å²) in [6.45, 7) is 3.90. The minimum atomic E-state index is 0.268. The van der Waals surface area contributed by atoms with Gasteiger partial charge in [0.1, 0.15) is 0 Å². The molecule has 0 N–H and O–H groups in total. The molecule has 1 fully saturated rings. The van der Waals surface area contributed by atoms with E-state index in [9.17, 15) is 4.79 Å². The lowest BCUT2D eigenvalue weighted by atomic mass is 9.99. The zero-order valence-electron chi connectivity index (χ0n) is 10.9. The van der Waals surface area contributed by atoms with Crippen molar-refractivity contribution in [2.75, 3.05) is 18.4 Å². The van der Waals surface area contributed by atoms with Gasteiger partial charge in [-0.25, -0.2) is 0 Å². The number of alkyl halides is 1. The zero-order valence-corrected chi connectivity index (χ0v) is 12.4. The number of piperidine rings is 1. The van der Waals surface area contributed by atoms with E-state index in [0.29, 0.717) is 12.3 Å². The van der Waals surface area contributed by atoms with Crippen LogP contribution >= 0.6 is 15.9 Å². The average Bonchev–Trinajstić information content (AvgIpc) is 2.41. The van der Waals surface area contributed by atoms with E-state index < -0.39 is 0 Å². The fourth-order valence-corrected chi connectivity index (χ4v) is 2.94. The Labute approximate surface area is 117 Å². The van der Waals surface area contributed by atoms with Gasteiger partial charge < -0.3 is 4.90 Å². The van der Waals surface area contributed by atoms with Crippen LogP contribution in [0.4, 0.5) is 0 Å². The molecule has 0 bridgehead atoms. The Kier molecular flexibility index (Phi) is 4.81. The van der Waals surface area contributed by atoms with Crippen LogP contribution in [-0.4, -0.2) is 29.2 Å². The van der Waals surface area contributed by atoms with Crippen molar-refractivity contribution >= 4 is 21.8 Å². The second-order valence-electron chi connectivity index (χ2n) is 5.16. The summed E-state index contributed by atoms with van der Waals surface area (Å²) in [6.07, 6.45) is 2.91. The predicted molar refractivity (Wildman–Crippen MR) is 78.0 cm³/mol. The summed E-state index contributed by atoms with van der Waals surface area (Å²) in [5, 5.41) is 1.00. The standard InChI is InChI=1S/C15H20BrNO/c1-12-4-6-13(7-5-12)9-15(18)17-8-2-3-14(10-16)11-17/h4-7,14H,2-3,8-11H2,1H3. The summed E-state index contributed by atoms with van der Waals surface area (Å²) >= 11 is 3.52. The van der Waals surface area contributed by atoms with Gasteiger partial charge in [0, 0.05) is 18.4 Å². The Morgan fingerprint density at radius 2 is 2.11 bits per heavy atom. The van der Waals surface area contributed by atoms with Gasteiger partial charge in [-0.3, -0.25) is 4.79 Å². The zero-order chi connectivity index (χ0) is 13.0. The highest BCUT2D eigenvalue weighted by Crippen LogP contribution is 2.19. The normalized spacial score (nSPS) is 19.9. The molecule has 18 heavy (non-hydrogen) atoms. The lowest BCUT2D eigenvalue weighted by Gasteiger charge is -2.32. The molecule has 1 amide bonds. The molecular formula is C15H20BrNO. The van der Waals surface area contributed by atoms with Gasteiger partial charge in [-0.05, 0) is 31.2 Å². The van der Waals surface area contributed by atoms with Crippen molar-refractivity contribution in [1.29, 1.82) is 0 Å². The number of aryl methyl sites for hydroxylation is 1. The number of rotatable bonds is 3. The lowest BCUT2D eigenvalue weighted by molar-refractivity contribution is -0.132. The first-order valence-electron chi connectivity index (χ1n) is 6.58. The molecule has 1 aliphatic heterocycles. The Balaban J connectivity index is 1.93. The fourth-order valence-electron chi connectivity index (χ4n) is 2.41. The summed E-state index contributed by atoms with van der Waals surface area (Å²) in [6, 6.07) is 8.25. The lowest BCUT2D eigenvalue weighted by Crippen LogP contribution is -2.41. The maximum Gasteiger partial charge on any atom is 0.226 e. The van der Waals surface area contributed by atoms with Crippen LogP contribution in [0.25, 0.3) is 0 Å². The molecule has 1 saturated heterocycles. The topological polar surface area (TPSA) is 20.3 Å². The highest BCUT2D eigenvalue weighted by atomic mass is 79.9. The second-order valence-corrected chi connectivity index (χ2v) is 5.81. The Morgan fingerprint density at radius 3 is 2.78 bits per heavy atom. The molecule has 1 aromatic carbocycles. The molecule has 2 rings (SSSR count). The van der Waals surface area contributed by atoms with Gasteiger partial charge in [0.2, 0.25) is 5.91 Å². The third-order valence-electron chi connectivity index (χ3n) is 3.57. The number of halogens is 1. The molecule has 3 heteroatoms. The number of carbonyl (C=O) groups excluding carboxylic acids is 1. The van der Waals surface area contributed by atoms with Crippen LogP contribution in [0.3, 0.4) is 0 Å². The quantitative estimate of drug-likeness (QED) is 0.785. The summed E-state index contributed by atoms with van der Waals surface area (Å²) in [7, 11) is 0. The Hall–Kier alpha value is -0.830. The summed E-state index contributed by atoms with van der Waals surface area (Å²) < 4.78 is 0. The molecule has 0 radical (unpaired) electrons. The van der Waals surface area contributed by atoms with E-state index in [1.807, 2.05) is 4.90 Å². The molecule has 0 spiro atoms. The van der Waals surface area contributed by atoms with Crippen LogP contribution in [0.1, 0.15) is 24.0 Å². The van der Waals surface area contributed by atoms with Crippen LogP contribution in [0, 0.1) is 12.8 Å². The molecule has 98 valence electrons. The number of hydrogen-bond donors (Lipinski definition) is 0. The predicted octanol–water partition coefficient (Wildman–Crippen LogP) is 3.17. The van der Waals surface area contributed by atoms with Crippen molar-refractivity contribution in [2.24, 2.45) is 5.92 Å². The maximum absolute atomic E-state index is 12.2. The third-order valence-corrected chi connectivity index (χ3v) is 4.48. The van der Waals surface area contributed by atoms with Crippen molar-refractivity contribution < 1.29 is 4.79 Å². The smallest absolute Gasteiger partial charge is 0.226 e. The molecule has 1 aromatic rings. The summed E-state index contributed by atoms with van der Waals surface area (Å²) in [5.74, 6) is 0.894. The number of benzene rings is 1. The first-order valence-corrected chi connectivity index (χ1v) is 7.70. The number of nitrogens with zero attached hydrogens (tertiary/aromatic N) is 1. The van der Waals surface area contributed by atoms with Crippen LogP contribution in [0.2, 0.25) is 0 Å². The number of amides is 1. The van der Waals surface area contributed by atoms with Crippen molar-refractivity contribution in [3.63, 3.8) is 0 Å². The largest absolute Gasteiger partial charge is 0.342 e. The second kappa shape index (κ2) is 6.37. The van der Waals surface area contributed by atoms with E-state index in [-0.39, 0.29) is 5.91 Å². The van der Waals surface area contributed by atoms with Crippen LogP contribution in [-0.2, 0) is 11.2 Å². The van der Waals surface area contributed by atoms with E-state index in [2.05, 4.69) is 47.1 Å². The van der Waals surface area contributed by atoms with E-state index in [1.54, 1.807) is 0 Å². The SMILES string of the molecule is Cc1ccc(CC(=O)N2CCCC(CBr)C2)cc1. The molecule has 1 aliphatic rings. The highest BCUT2D eigenvalue weighted by Gasteiger charge is 2.22. The third kappa shape index (κ3) is 3.58. The molecule has 0 aromatic heterocycles. The highest BCUT2D eigenvalue weighted by molar-refractivity contribution is 9.09. The van der Waals surface area contributed by atoms with Crippen LogP contribution in [0.5, 0.6) is 0 Å². The van der Waals surface area contributed by atoms with Gasteiger partial charge >= 0.3 is 0 Å². The minimum Gasteiger partial charge on any atom is -0.342 e. The first kappa shape index (κ1) is 13.6. The van der Waals surface area contributed by atoms with Gasteiger partial charge in [-0.1, -0.05) is 45.8 Å². The van der Waals surface area contributed by atoms with Crippen molar-refractivity contribution in [3.05, 3.63) is 35.4 Å². The van der Waals surface area contributed by atoms with Crippen molar-refractivity contribution in [2.45, 2.75) is 26.2 Å². The van der Waals surface area contributed by atoms with Gasteiger partial charge in [0.25, 0.3) is 0 Å². The monoisotopic (exact) mass is 309 g/mol. The average molecular weight is 310 g/mol. The molecule has 1 heterocycles. The molecule has 0 aliphatic carbocycles. The van der Waals surface area contributed by atoms with Gasteiger partial charge in [0.05, 0.1) is 6.42 Å². The molecule has 0 saturated carbocycles. The van der Waals surface area contributed by atoms with E-state index in [4.69, 9.17) is 0 Å². The molecule has 1 atom stereocenters. The minimum absolute atomic E-state index is 0.268. The molecular weight excluding hydrogens is 290 g/mol. The number of likely N-dealkylation sites (tertiary alicyclic amines) is 1. The van der Waals surface area contributed by atoms with E-state index >= 15 is 0 Å². The van der Waals surface area contributed by atoms with Gasteiger partial charge in [-0.15, -0.1) is 0 Å². The Morgan fingerprint density at radius 1 is 1.39 bits per heavy atom. The maximum atomic E-state index is 12.2. The molecule has 2 nitrogen and oxygen atoms in total. The van der Waals surface area contributed by atoms with E-state index in [1.165, 1.54) is 12.0 Å². The number of hydrogen-bond acceptors (Lipinski definition) is 1. The summed E-state index contributed by atoms with van der Waals surface area (Å²) in [4.78, 5) is 14.2. The van der Waals surface area contributed by atoms with Crippen molar-refractivity contribution in [1.82, 2.24) is 4.90 Å². The van der Waals surface area contributed by atoms with Gasteiger partial charge in [0.15, 0.2) is 0 Å². The fraction of sp³-hybridized carbons (Fsp3) is 0.533. The van der Waals surface area contributed by atoms with Crippen molar-refractivity contribution in [3.8, 4) is 0 Å². The summed E-state index contributed by atoms with van der Waals surface area (Å²) in [5.41, 5.74) is 2.36. The van der Waals surface area contributed by atoms with Gasteiger partial charge in [-0.2, -0.15) is 0 Å². The number of carbonyl (C=O) groups is 1. The first-order chi connectivity index (χ1) is 8.69. The Bertz CT molecular complexity index is 401. The molecule has 1 unspecified atom stereocenters. The van der Waals surface area contributed by atoms with Crippen LogP contribution in [0.15, 0.2) is 24.3 Å².